The van der Waals surface area contributed by atoms with Gasteiger partial charge in [-0.05, 0) is 59.3 Å². The average molecular weight is 555 g/mol. The first-order valence-electron chi connectivity index (χ1n) is 10.4. The minimum atomic E-state index is -0.716. The van der Waals surface area contributed by atoms with Gasteiger partial charge in [0.05, 0.1) is 0 Å². The third-order valence-electron chi connectivity index (χ3n) is 5.47. The Balaban J connectivity index is 0.00000324. The summed E-state index contributed by atoms with van der Waals surface area (Å²) in [6, 6.07) is 11.8. The smallest absolute Gasteiger partial charge is 0.273 e. The molecule has 1 fully saturated rings. The molecule has 2 aromatic carbocycles. The van der Waals surface area contributed by atoms with Gasteiger partial charge in [-0.3, -0.25) is 14.2 Å². The predicted octanol–water partition coefficient (Wildman–Crippen LogP) is 4.23. The van der Waals surface area contributed by atoms with E-state index in [1.54, 1.807) is 42.2 Å². The number of rotatable bonds is 5. The Bertz CT molecular complexity index is 1250. The molecule has 180 valence electrons. The molecule has 0 bridgehead atoms. The molecule has 0 atom stereocenters. The second-order valence-corrected chi connectivity index (χ2v) is 8.51. The maximum absolute atomic E-state index is 13.9. The van der Waals surface area contributed by atoms with Crippen LogP contribution in [0.1, 0.15) is 21.6 Å². The van der Waals surface area contributed by atoms with Crippen LogP contribution in [-0.2, 0) is 6.61 Å². The van der Waals surface area contributed by atoms with Crippen molar-refractivity contribution in [2.24, 2.45) is 0 Å². The summed E-state index contributed by atoms with van der Waals surface area (Å²) in [4.78, 5) is 27.5. The summed E-state index contributed by atoms with van der Waals surface area (Å²) in [6.45, 7) is 4.46. The lowest BCUT2D eigenvalue weighted by atomic mass is 10.1. The molecule has 4 rings (SSSR count). The lowest BCUT2D eigenvalue weighted by Crippen LogP contribution is -2.46. The molecule has 1 aliphatic rings. The van der Waals surface area contributed by atoms with E-state index in [-0.39, 0.29) is 46.3 Å². The van der Waals surface area contributed by atoms with E-state index in [0.717, 1.165) is 25.2 Å². The first-order chi connectivity index (χ1) is 15.8. The van der Waals surface area contributed by atoms with Crippen molar-refractivity contribution >= 4 is 34.2 Å². The van der Waals surface area contributed by atoms with Gasteiger partial charge in [0, 0.05) is 60.8 Å². The van der Waals surface area contributed by atoms with Crippen molar-refractivity contribution in [3.05, 3.63) is 91.8 Å². The maximum Gasteiger partial charge on any atom is 0.273 e. The molecule has 34 heavy (non-hydrogen) atoms. The molecule has 0 aliphatic carbocycles. The van der Waals surface area contributed by atoms with Gasteiger partial charge in [0.2, 0.25) is 0 Å². The molecule has 1 amide bonds. The maximum atomic E-state index is 13.9. The van der Waals surface area contributed by atoms with E-state index in [1.165, 1.54) is 10.6 Å². The summed E-state index contributed by atoms with van der Waals surface area (Å²) >= 11 is 3.28. The van der Waals surface area contributed by atoms with Gasteiger partial charge in [0.25, 0.3) is 11.5 Å². The van der Waals surface area contributed by atoms with Crippen molar-refractivity contribution in [3.8, 4) is 11.4 Å². The molecule has 1 saturated heterocycles. The van der Waals surface area contributed by atoms with Crippen molar-refractivity contribution in [1.82, 2.24) is 14.8 Å². The van der Waals surface area contributed by atoms with Crippen molar-refractivity contribution in [2.75, 3.05) is 26.2 Å². The number of benzene rings is 2. The Labute approximate surface area is 210 Å². The zero-order valence-electron chi connectivity index (χ0n) is 18.3. The number of carbonyl (C=O) groups is 1. The van der Waals surface area contributed by atoms with E-state index in [0.29, 0.717) is 30.0 Å². The van der Waals surface area contributed by atoms with Crippen LogP contribution in [-0.4, -0.2) is 41.6 Å². The number of hydrogen-bond donors (Lipinski definition) is 1. The number of ether oxygens (including phenoxy) is 1. The summed E-state index contributed by atoms with van der Waals surface area (Å²) in [5, 5.41) is 3.22. The van der Waals surface area contributed by atoms with Gasteiger partial charge in [-0.15, -0.1) is 12.4 Å². The number of pyridine rings is 1. The SMILES string of the molecule is Cc1cc(OCc2ccc(F)cc2F)c(Br)c(=O)n1-c1ccc(C(=O)N2CCNCC2)cc1.Cl. The highest BCUT2D eigenvalue weighted by Gasteiger charge is 2.19. The Morgan fingerprint density at radius 3 is 2.41 bits per heavy atom. The molecular weight excluding hydrogens is 532 g/mol. The summed E-state index contributed by atoms with van der Waals surface area (Å²) in [5.74, 6) is -1.17. The molecule has 3 aromatic rings. The van der Waals surface area contributed by atoms with Crippen LogP contribution in [0.5, 0.6) is 5.75 Å². The highest BCUT2D eigenvalue weighted by molar-refractivity contribution is 9.10. The Morgan fingerprint density at radius 1 is 1.09 bits per heavy atom. The van der Waals surface area contributed by atoms with Gasteiger partial charge in [-0.1, -0.05) is 0 Å². The summed E-state index contributed by atoms with van der Waals surface area (Å²) in [7, 11) is 0. The van der Waals surface area contributed by atoms with Gasteiger partial charge in [-0.2, -0.15) is 0 Å². The van der Waals surface area contributed by atoms with Crippen LogP contribution in [0.25, 0.3) is 5.69 Å². The Morgan fingerprint density at radius 2 is 1.76 bits per heavy atom. The first-order valence-corrected chi connectivity index (χ1v) is 11.2. The van der Waals surface area contributed by atoms with Crippen LogP contribution in [0, 0.1) is 18.6 Å². The minimum Gasteiger partial charge on any atom is -0.487 e. The van der Waals surface area contributed by atoms with Crippen molar-refractivity contribution in [2.45, 2.75) is 13.5 Å². The molecule has 0 spiro atoms. The zero-order valence-corrected chi connectivity index (χ0v) is 20.7. The largest absolute Gasteiger partial charge is 0.487 e. The fraction of sp³-hybridized carbons (Fsp3) is 0.250. The van der Waals surface area contributed by atoms with Crippen LogP contribution >= 0.6 is 28.3 Å². The number of amides is 1. The highest BCUT2D eigenvalue weighted by atomic mass is 79.9. The van der Waals surface area contributed by atoms with E-state index in [1.807, 2.05) is 0 Å². The monoisotopic (exact) mass is 553 g/mol. The predicted molar refractivity (Wildman–Crippen MR) is 131 cm³/mol. The van der Waals surface area contributed by atoms with E-state index in [9.17, 15) is 18.4 Å². The number of carbonyl (C=O) groups excluding carboxylic acids is 1. The number of nitrogens with one attached hydrogen (secondary N) is 1. The number of aryl methyl sites for hydroxylation is 1. The molecule has 6 nitrogen and oxygen atoms in total. The second kappa shape index (κ2) is 11.1. The number of hydrogen-bond acceptors (Lipinski definition) is 4. The van der Waals surface area contributed by atoms with Crippen LogP contribution in [0.3, 0.4) is 0 Å². The number of aromatic nitrogens is 1. The van der Waals surface area contributed by atoms with Crippen molar-refractivity contribution < 1.29 is 18.3 Å². The summed E-state index contributed by atoms with van der Waals surface area (Å²) in [5.41, 5.74) is 1.58. The molecule has 2 heterocycles. The van der Waals surface area contributed by atoms with Crippen molar-refractivity contribution in [1.29, 1.82) is 0 Å². The molecular formula is C24H23BrClF2N3O3. The van der Waals surface area contributed by atoms with Gasteiger partial charge >= 0.3 is 0 Å². The second-order valence-electron chi connectivity index (χ2n) is 7.72. The quantitative estimate of drug-likeness (QED) is 0.513. The number of halogens is 4. The van der Waals surface area contributed by atoms with Gasteiger partial charge < -0.3 is 15.0 Å². The number of nitrogens with zero attached hydrogens (tertiary/aromatic N) is 2. The molecule has 10 heteroatoms. The van der Waals surface area contributed by atoms with Crippen molar-refractivity contribution in [3.63, 3.8) is 0 Å². The summed E-state index contributed by atoms with van der Waals surface area (Å²) < 4.78 is 34.3. The summed E-state index contributed by atoms with van der Waals surface area (Å²) in [6.07, 6.45) is 0. The first kappa shape index (κ1) is 25.9. The van der Waals surface area contributed by atoms with Crippen LogP contribution in [0.15, 0.2) is 57.8 Å². The van der Waals surface area contributed by atoms with Crippen LogP contribution < -0.4 is 15.6 Å². The van der Waals surface area contributed by atoms with Gasteiger partial charge in [-0.25, -0.2) is 8.78 Å². The van der Waals surface area contributed by atoms with Gasteiger partial charge in [0.15, 0.2) is 0 Å². The van der Waals surface area contributed by atoms with Gasteiger partial charge in [0.1, 0.15) is 28.5 Å². The highest BCUT2D eigenvalue weighted by Crippen LogP contribution is 2.25. The molecule has 0 radical (unpaired) electrons. The lowest BCUT2D eigenvalue weighted by molar-refractivity contribution is 0.0736. The third-order valence-corrected chi connectivity index (χ3v) is 6.20. The fourth-order valence-electron chi connectivity index (χ4n) is 3.71. The molecule has 1 aromatic heterocycles. The lowest BCUT2D eigenvalue weighted by Gasteiger charge is -2.27. The minimum absolute atomic E-state index is 0. The number of piperazine rings is 1. The molecule has 0 unspecified atom stereocenters. The van der Waals surface area contributed by atoms with E-state index in [2.05, 4.69) is 21.2 Å². The van der Waals surface area contributed by atoms with E-state index >= 15 is 0 Å². The molecule has 0 saturated carbocycles. The van der Waals surface area contributed by atoms with E-state index in [4.69, 9.17) is 4.74 Å². The fourth-order valence-corrected chi connectivity index (χ4v) is 4.11. The standard InChI is InChI=1S/C24H22BrF2N3O3.ClH/c1-15-12-21(33-14-17-2-5-18(26)13-20(17)27)22(25)24(32)30(15)19-6-3-16(4-7-19)23(31)29-10-8-28-9-11-29;/h2-7,12-13,28H,8-11,14H2,1H3;1H. The Kier molecular flexibility index (Phi) is 8.46. The third kappa shape index (κ3) is 5.48. The van der Waals surface area contributed by atoms with Crippen LogP contribution in [0.4, 0.5) is 8.78 Å². The van der Waals surface area contributed by atoms with E-state index < -0.39 is 11.6 Å². The van der Waals surface area contributed by atoms with Crippen LogP contribution in [0.2, 0.25) is 0 Å². The zero-order chi connectivity index (χ0) is 23.5. The molecule has 1 N–H and O–H groups in total. The topological polar surface area (TPSA) is 63.6 Å². The Hall–Kier alpha value is -2.75. The normalized spacial score (nSPS) is 13.4. The molecule has 1 aliphatic heterocycles. The average Bonchev–Trinajstić information content (AvgIpc) is 2.82.